The predicted molar refractivity (Wildman–Crippen MR) is 187 cm³/mol. The first-order valence-corrected chi connectivity index (χ1v) is 15.7. The Labute approximate surface area is 256 Å². The third-order valence-corrected chi connectivity index (χ3v) is 10.2. The van der Waals surface area contributed by atoms with E-state index in [2.05, 4.69) is 138 Å². The van der Waals surface area contributed by atoms with Crippen LogP contribution in [-0.4, -0.2) is 14.5 Å². The SMILES string of the molecule is c1ccc(-c2nc(-n3c4ccccc4c4c5ccc6ccccc6c5c5sc6ccccc6c5c43)nc3ccccc23)cc1. The second-order valence-electron chi connectivity index (χ2n) is 11.3. The molecule has 3 nitrogen and oxygen atoms in total. The van der Waals surface area contributed by atoms with Crippen LogP contribution in [0.2, 0.25) is 0 Å². The van der Waals surface area contributed by atoms with Gasteiger partial charge in [-0.2, -0.15) is 0 Å². The maximum atomic E-state index is 5.37. The quantitative estimate of drug-likeness (QED) is 0.191. The minimum atomic E-state index is 0.686. The first-order valence-electron chi connectivity index (χ1n) is 14.9. The molecule has 0 atom stereocenters. The lowest BCUT2D eigenvalue weighted by atomic mass is 9.95. The topological polar surface area (TPSA) is 30.7 Å². The zero-order valence-electron chi connectivity index (χ0n) is 23.5. The maximum Gasteiger partial charge on any atom is 0.235 e. The minimum Gasteiger partial charge on any atom is -0.277 e. The summed E-state index contributed by atoms with van der Waals surface area (Å²) >= 11 is 1.88. The summed E-state index contributed by atoms with van der Waals surface area (Å²) in [6.07, 6.45) is 0. The van der Waals surface area contributed by atoms with Crippen LogP contribution in [0.3, 0.4) is 0 Å². The van der Waals surface area contributed by atoms with Crippen molar-refractivity contribution in [3.63, 3.8) is 0 Å². The summed E-state index contributed by atoms with van der Waals surface area (Å²) in [7, 11) is 0. The van der Waals surface area contributed by atoms with Crippen LogP contribution in [0.25, 0.3) is 91.6 Å². The summed E-state index contributed by atoms with van der Waals surface area (Å²) < 4.78 is 4.91. The fourth-order valence-corrected chi connectivity index (χ4v) is 8.40. The van der Waals surface area contributed by atoms with E-state index in [0.717, 1.165) is 33.2 Å². The van der Waals surface area contributed by atoms with Gasteiger partial charge in [0.15, 0.2) is 0 Å². The fourth-order valence-electron chi connectivity index (χ4n) is 7.12. The van der Waals surface area contributed by atoms with E-state index < -0.39 is 0 Å². The van der Waals surface area contributed by atoms with Crippen LogP contribution in [0.15, 0.2) is 140 Å². The normalized spacial score (nSPS) is 12.1. The van der Waals surface area contributed by atoms with Crippen molar-refractivity contribution in [1.29, 1.82) is 0 Å². The van der Waals surface area contributed by atoms with Crippen LogP contribution in [0.4, 0.5) is 0 Å². The highest BCUT2D eigenvalue weighted by molar-refractivity contribution is 7.27. The van der Waals surface area contributed by atoms with Gasteiger partial charge in [-0.25, -0.2) is 9.97 Å². The number of benzene rings is 7. The number of aromatic nitrogens is 3. The number of para-hydroxylation sites is 2. The molecule has 3 aromatic heterocycles. The van der Waals surface area contributed by atoms with Crippen LogP contribution < -0.4 is 0 Å². The van der Waals surface area contributed by atoms with Crippen molar-refractivity contribution in [2.24, 2.45) is 0 Å². The van der Waals surface area contributed by atoms with Crippen LogP contribution >= 0.6 is 11.3 Å². The number of nitrogens with zero attached hydrogens (tertiary/aromatic N) is 3. The van der Waals surface area contributed by atoms with Crippen LogP contribution in [0.1, 0.15) is 0 Å². The Balaban J connectivity index is 1.48. The highest BCUT2D eigenvalue weighted by Gasteiger charge is 2.24. The van der Waals surface area contributed by atoms with E-state index >= 15 is 0 Å². The molecule has 204 valence electrons. The average Bonchev–Trinajstić information content (AvgIpc) is 3.64. The van der Waals surface area contributed by atoms with Gasteiger partial charge in [0.25, 0.3) is 0 Å². The van der Waals surface area contributed by atoms with E-state index in [9.17, 15) is 0 Å². The Morgan fingerprint density at radius 2 is 1.18 bits per heavy atom. The van der Waals surface area contributed by atoms with E-state index in [4.69, 9.17) is 9.97 Å². The maximum absolute atomic E-state index is 5.37. The molecule has 0 saturated carbocycles. The molecule has 0 N–H and O–H groups in total. The molecule has 0 aliphatic carbocycles. The minimum absolute atomic E-state index is 0.686. The molecule has 0 fully saturated rings. The Morgan fingerprint density at radius 3 is 2.07 bits per heavy atom. The largest absolute Gasteiger partial charge is 0.277 e. The van der Waals surface area contributed by atoms with Gasteiger partial charge >= 0.3 is 0 Å². The first-order chi connectivity index (χ1) is 21.8. The zero-order valence-corrected chi connectivity index (χ0v) is 24.3. The van der Waals surface area contributed by atoms with E-state index in [1.807, 2.05) is 17.4 Å². The summed E-state index contributed by atoms with van der Waals surface area (Å²) in [4.78, 5) is 10.6. The molecule has 0 aliphatic rings. The molecule has 7 aromatic carbocycles. The Hall–Kier alpha value is -5.58. The summed E-state index contributed by atoms with van der Waals surface area (Å²) in [5.41, 5.74) is 5.22. The zero-order chi connectivity index (χ0) is 28.8. The molecule has 10 rings (SSSR count). The summed E-state index contributed by atoms with van der Waals surface area (Å²) in [6.45, 7) is 0. The van der Waals surface area contributed by atoms with Gasteiger partial charge in [0.05, 0.1) is 22.2 Å². The molecule has 0 amide bonds. The van der Waals surface area contributed by atoms with Crippen LogP contribution in [0.5, 0.6) is 0 Å². The fraction of sp³-hybridized carbons (Fsp3) is 0. The van der Waals surface area contributed by atoms with Crippen molar-refractivity contribution < 1.29 is 0 Å². The van der Waals surface area contributed by atoms with Gasteiger partial charge in [-0.15, -0.1) is 11.3 Å². The molecule has 3 heterocycles. The lowest BCUT2D eigenvalue weighted by Crippen LogP contribution is -2.03. The number of rotatable bonds is 2. The van der Waals surface area contributed by atoms with Crippen LogP contribution in [0, 0.1) is 0 Å². The molecule has 0 spiro atoms. The molecular formula is C40H23N3S. The molecular weight excluding hydrogens is 555 g/mol. The van der Waals surface area contributed by atoms with Crippen molar-refractivity contribution >= 4 is 85.8 Å². The van der Waals surface area contributed by atoms with Crippen molar-refractivity contribution in [1.82, 2.24) is 14.5 Å². The van der Waals surface area contributed by atoms with E-state index in [1.165, 1.54) is 52.5 Å². The molecule has 0 saturated heterocycles. The monoisotopic (exact) mass is 577 g/mol. The third-order valence-electron chi connectivity index (χ3n) is 8.97. The Morgan fingerprint density at radius 1 is 0.477 bits per heavy atom. The average molecular weight is 578 g/mol. The molecule has 44 heavy (non-hydrogen) atoms. The molecule has 10 aromatic rings. The number of hydrogen-bond acceptors (Lipinski definition) is 3. The van der Waals surface area contributed by atoms with Gasteiger partial charge in [0.2, 0.25) is 5.95 Å². The molecule has 0 bridgehead atoms. The van der Waals surface area contributed by atoms with Crippen LogP contribution in [-0.2, 0) is 0 Å². The van der Waals surface area contributed by atoms with Crippen molar-refractivity contribution in [2.75, 3.05) is 0 Å². The van der Waals surface area contributed by atoms with Crippen molar-refractivity contribution in [3.05, 3.63) is 140 Å². The molecule has 0 unspecified atom stereocenters. The van der Waals surface area contributed by atoms with Gasteiger partial charge in [-0.3, -0.25) is 4.57 Å². The van der Waals surface area contributed by atoms with Gasteiger partial charge in [0.1, 0.15) is 0 Å². The Bertz CT molecular complexity index is 2770. The molecule has 0 aliphatic heterocycles. The molecule has 4 heteroatoms. The van der Waals surface area contributed by atoms with E-state index in [1.54, 1.807) is 0 Å². The lowest BCUT2D eigenvalue weighted by molar-refractivity contribution is 1.02. The second kappa shape index (κ2) is 8.96. The predicted octanol–water partition coefficient (Wildman–Crippen LogP) is 11.1. The first kappa shape index (κ1) is 23.9. The third kappa shape index (κ3) is 3.20. The van der Waals surface area contributed by atoms with E-state index in [-0.39, 0.29) is 0 Å². The lowest BCUT2D eigenvalue weighted by Gasteiger charge is -2.13. The van der Waals surface area contributed by atoms with Gasteiger partial charge < -0.3 is 0 Å². The van der Waals surface area contributed by atoms with Crippen molar-refractivity contribution in [2.45, 2.75) is 0 Å². The highest BCUT2D eigenvalue weighted by atomic mass is 32.1. The standard InChI is InChI=1S/C40H23N3S/c1-2-13-25(14-3-1)37-27-16-6-9-19-31(27)41-40(42-37)43-32-20-10-7-17-28(32)34-30-23-22-24-12-4-5-15-26(24)35(30)39-36(38(34)43)29-18-8-11-21-33(29)44-39/h1-23H. The smallest absolute Gasteiger partial charge is 0.235 e. The summed E-state index contributed by atoms with van der Waals surface area (Å²) in [5.74, 6) is 0.686. The van der Waals surface area contributed by atoms with Gasteiger partial charge in [-0.05, 0) is 34.4 Å². The van der Waals surface area contributed by atoms with Gasteiger partial charge in [0, 0.05) is 47.3 Å². The summed E-state index contributed by atoms with van der Waals surface area (Å²) in [6, 6.07) is 49.7. The van der Waals surface area contributed by atoms with Gasteiger partial charge in [-0.1, -0.05) is 121 Å². The number of thiophene rings is 1. The van der Waals surface area contributed by atoms with Crippen molar-refractivity contribution in [3.8, 4) is 17.2 Å². The number of fused-ring (bicyclic) bond motifs is 13. The summed E-state index contributed by atoms with van der Waals surface area (Å²) in [5, 5.41) is 11.1. The highest BCUT2D eigenvalue weighted by Crippen LogP contribution is 2.49. The Kier molecular flexibility index (Phi) is 4.87. The second-order valence-corrected chi connectivity index (χ2v) is 12.4. The van der Waals surface area contributed by atoms with E-state index in [0.29, 0.717) is 5.95 Å². The molecule has 0 radical (unpaired) electrons. The number of hydrogen-bond donors (Lipinski definition) is 0.